The zero-order chi connectivity index (χ0) is 18.8. The summed E-state index contributed by atoms with van der Waals surface area (Å²) in [5.74, 6) is 2.97. The molecule has 0 unspecified atom stereocenters. The van der Waals surface area contributed by atoms with Crippen LogP contribution in [-0.2, 0) is 10.5 Å². The number of carbonyl (C=O) groups excluding carboxylic acids is 1. The highest BCUT2D eigenvalue weighted by atomic mass is 35.5. The summed E-state index contributed by atoms with van der Waals surface area (Å²) >= 11 is 7.64. The summed E-state index contributed by atoms with van der Waals surface area (Å²) < 4.78 is 11.0. The Balaban J connectivity index is 1.71. The van der Waals surface area contributed by atoms with Gasteiger partial charge in [-0.25, -0.2) is 0 Å². The van der Waals surface area contributed by atoms with E-state index in [1.807, 2.05) is 49.4 Å². The maximum atomic E-state index is 12.3. The first-order valence-corrected chi connectivity index (χ1v) is 10.1. The van der Waals surface area contributed by atoms with Gasteiger partial charge in [0, 0.05) is 29.1 Å². The molecular formula is C20H24ClNO3S. The molecule has 4 nitrogen and oxygen atoms in total. The third-order valence-electron chi connectivity index (χ3n) is 3.71. The molecule has 0 saturated carbocycles. The number of hydrogen-bond donors (Lipinski definition) is 1. The second kappa shape index (κ2) is 11.0. The van der Waals surface area contributed by atoms with Crippen molar-refractivity contribution in [1.29, 1.82) is 0 Å². The summed E-state index contributed by atoms with van der Waals surface area (Å²) in [5.41, 5.74) is 1.22. The standard InChI is InChI=1S/C20H24ClNO3S/c1-3-19(25-18-6-4-5-17(13-18)24-2)20(23)22-11-12-26-14-15-7-9-16(21)10-8-15/h4-10,13,19H,3,11-12,14H2,1-2H3,(H,22,23)/t19-/m1/s1. The topological polar surface area (TPSA) is 47.6 Å². The molecule has 0 heterocycles. The quantitative estimate of drug-likeness (QED) is 0.601. The van der Waals surface area contributed by atoms with Gasteiger partial charge in [0.25, 0.3) is 5.91 Å². The van der Waals surface area contributed by atoms with E-state index in [9.17, 15) is 4.79 Å². The number of amides is 1. The van der Waals surface area contributed by atoms with E-state index < -0.39 is 6.10 Å². The van der Waals surface area contributed by atoms with Crippen LogP contribution in [0.1, 0.15) is 18.9 Å². The molecule has 1 N–H and O–H groups in total. The van der Waals surface area contributed by atoms with Crippen LogP contribution < -0.4 is 14.8 Å². The molecule has 140 valence electrons. The maximum Gasteiger partial charge on any atom is 0.261 e. The SMILES string of the molecule is CC[C@@H](Oc1cccc(OC)c1)C(=O)NCCSCc1ccc(Cl)cc1. The van der Waals surface area contributed by atoms with E-state index in [0.29, 0.717) is 24.5 Å². The Bertz CT molecular complexity index is 694. The third kappa shape index (κ3) is 6.81. The van der Waals surface area contributed by atoms with E-state index in [2.05, 4.69) is 5.32 Å². The normalized spacial score (nSPS) is 11.7. The van der Waals surface area contributed by atoms with Crippen LogP contribution in [0.25, 0.3) is 0 Å². The van der Waals surface area contributed by atoms with Crippen molar-refractivity contribution in [2.24, 2.45) is 0 Å². The van der Waals surface area contributed by atoms with E-state index in [4.69, 9.17) is 21.1 Å². The molecule has 2 rings (SSSR count). The Morgan fingerprint density at radius 1 is 1.19 bits per heavy atom. The van der Waals surface area contributed by atoms with Gasteiger partial charge in [-0.3, -0.25) is 4.79 Å². The summed E-state index contributed by atoms with van der Waals surface area (Å²) in [4.78, 5) is 12.3. The van der Waals surface area contributed by atoms with E-state index in [-0.39, 0.29) is 5.91 Å². The van der Waals surface area contributed by atoms with Crippen LogP contribution in [0.5, 0.6) is 11.5 Å². The number of thioether (sulfide) groups is 1. The van der Waals surface area contributed by atoms with Gasteiger partial charge >= 0.3 is 0 Å². The number of ether oxygens (including phenoxy) is 2. The lowest BCUT2D eigenvalue weighted by Crippen LogP contribution is -2.39. The van der Waals surface area contributed by atoms with Crippen molar-refractivity contribution in [3.8, 4) is 11.5 Å². The Morgan fingerprint density at radius 3 is 2.62 bits per heavy atom. The maximum absolute atomic E-state index is 12.3. The lowest BCUT2D eigenvalue weighted by molar-refractivity contribution is -0.127. The highest BCUT2D eigenvalue weighted by Gasteiger charge is 2.18. The monoisotopic (exact) mass is 393 g/mol. The average molecular weight is 394 g/mol. The van der Waals surface area contributed by atoms with Gasteiger partial charge in [-0.15, -0.1) is 0 Å². The first-order chi connectivity index (χ1) is 12.6. The minimum Gasteiger partial charge on any atom is -0.497 e. The molecule has 0 aliphatic rings. The molecule has 2 aromatic carbocycles. The van der Waals surface area contributed by atoms with E-state index >= 15 is 0 Å². The van der Waals surface area contributed by atoms with Crippen molar-refractivity contribution in [3.05, 3.63) is 59.1 Å². The molecule has 1 atom stereocenters. The van der Waals surface area contributed by atoms with E-state index in [0.717, 1.165) is 16.5 Å². The molecule has 0 aliphatic heterocycles. The van der Waals surface area contributed by atoms with Crippen LogP contribution in [-0.4, -0.2) is 31.4 Å². The Hall–Kier alpha value is -1.85. The van der Waals surface area contributed by atoms with E-state index in [1.165, 1.54) is 5.56 Å². The molecule has 2 aromatic rings. The fourth-order valence-electron chi connectivity index (χ4n) is 2.29. The van der Waals surface area contributed by atoms with Gasteiger partial charge in [-0.05, 0) is 36.2 Å². The summed E-state index contributed by atoms with van der Waals surface area (Å²) in [6, 6.07) is 15.1. The minimum atomic E-state index is -0.511. The number of carbonyl (C=O) groups is 1. The van der Waals surface area contributed by atoms with E-state index in [1.54, 1.807) is 24.9 Å². The minimum absolute atomic E-state index is 0.0950. The molecule has 0 spiro atoms. The Morgan fingerprint density at radius 2 is 1.92 bits per heavy atom. The van der Waals surface area contributed by atoms with Gasteiger partial charge in [0.2, 0.25) is 0 Å². The fraction of sp³-hybridized carbons (Fsp3) is 0.350. The molecule has 0 bridgehead atoms. The summed E-state index contributed by atoms with van der Waals surface area (Å²) in [6.07, 6.45) is 0.0874. The molecule has 26 heavy (non-hydrogen) atoms. The van der Waals surface area contributed by atoms with Crippen LogP contribution in [0, 0.1) is 0 Å². The molecule has 1 amide bonds. The number of benzene rings is 2. The first-order valence-electron chi connectivity index (χ1n) is 8.53. The van der Waals surface area contributed by atoms with Crippen molar-refractivity contribution in [3.63, 3.8) is 0 Å². The van der Waals surface area contributed by atoms with Crippen LogP contribution in [0.4, 0.5) is 0 Å². The molecule has 0 aromatic heterocycles. The van der Waals surface area contributed by atoms with Crippen molar-refractivity contribution in [1.82, 2.24) is 5.32 Å². The van der Waals surface area contributed by atoms with Gasteiger partial charge < -0.3 is 14.8 Å². The molecular weight excluding hydrogens is 370 g/mol. The number of hydrogen-bond acceptors (Lipinski definition) is 4. The average Bonchev–Trinajstić information content (AvgIpc) is 2.67. The second-order valence-corrected chi connectivity index (χ2v) is 7.21. The lowest BCUT2D eigenvalue weighted by atomic mass is 10.2. The number of nitrogens with one attached hydrogen (secondary N) is 1. The van der Waals surface area contributed by atoms with Gasteiger partial charge in [0.05, 0.1) is 7.11 Å². The summed E-state index contributed by atoms with van der Waals surface area (Å²) in [6.45, 7) is 2.54. The smallest absolute Gasteiger partial charge is 0.261 e. The summed E-state index contributed by atoms with van der Waals surface area (Å²) in [5, 5.41) is 3.68. The van der Waals surface area contributed by atoms with Gasteiger partial charge in [0.15, 0.2) is 6.10 Å². The first kappa shape index (κ1) is 20.5. The molecule has 6 heteroatoms. The Labute approximate surface area is 164 Å². The van der Waals surface area contributed by atoms with Gasteiger partial charge in [-0.1, -0.05) is 36.7 Å². The predicted molar refractivity (Wildman–Crippen MR) is 108 cm³/mol. The molecule has 0 fully saturated rings. The number of halogens is 1. The van der Waals surface area contributed by atoms with Crippen LogP contribution in [0.3, 0.4) is 0 Å². The van der Waals surface area contributed by atoms with Crippen molar-refractivity contribution in [2.75, 3.05) is 19.4 Å². The molecule has 0 aliphatic carbocycles. The van der Waals surface area contributed by atoms with Crippen molar-refractivity contribution >= 4 is 29.3 Å². The second-order valence-electron chi connectivity index (χ2n) is 5.66. The molecule has 0 radical (unpaired) electrons. The lowest BCUT2D eigenvalue weighted by Gasteiger charge is -2.17. The van der Waals surface area contributed by atoms with Crippen molar-refractivity contribution in [2.45, 2.75) is 25.2 Å². The van der Waals surface area contributed by atoms with Crippen LogP contribution in [0.15, 0.2) is 48.5 Å². The third-order valence-corrected chi connectivity index (χ3v) is 4.99. The number of rotatable bonds is 10. The predicted octanol–water partition coefficient (Wildman–Crippen LogP) is 4.56. The van der Waals surface area contributed by atoms with Crippen LogP contribution in [0.2, 0.25) is 5.02 Å². The summed E-state index contributed by atoms with van der Waals surface area (Å²) in [7, 11) is 1.60. The fourth-order valence-corrected chi connectivity index (χ4v) is 3.24. The zero-order valence-corrected chi connectivity index (χ0v) is 16.6. The largest absolute Gasteiger partial charge is 0.497 e. The Kier molecular flexibility index (Phi) is 8.65. The van der Waals surface area contributed by atoms with Gasteiger partial charge in [-0.2, -0.15) is 11.8 Å². The van der Waals surface area contributed by atoms with Crippen LogP contribution >= 0.6 is 23.4 Å². The van der Waals surface area contributed by atoms with Crippen molar-refractivity contribution < 1.29 is 14.3 Å². The molecule has 0 saturated heterocycles. The zero-order valence-electron chi connectivity index (χ0n) is 15.0. The van der Waals surface area contributed by atoms with Gasteiger partial charge in [0.1, 0.15) is 11.5 Å². The highest BCUT2D eigenvalue weighted by molar-refractivity contribution is 7.98. The number of methoxy groups -OCH3 is 1. The highest BCUT2D eigenvalue weighted by Crippen LogP contribution is 2.20.